The van der Waals surface area contributed by atoms with Crippen LogP contribution in [0.25, 0.3) is 10.2 Å². The van der Waals surface area contributed by atoms with Gasteiger partial charge in [-0.15, -0.1) is 0 Å². The molecule has 1 aromatic heterocycles. The summed E-state index contributed by atoms with van der Waals surface area (Å²) in [6.07, 6.45) is 2.34. The van der Waals surface area contributed by atoms with Crippen molar-refractivity contribution in [2.24, 2.45) is 5.92 Å². The summed E-state index contributed by atoms with van der Waals surface area (Å²) < 4.78 is 28.9. The molecule has 1 amide bonds. The lowest BCUT2D eigenvalue weighted by Crippen LogP contribution is -2.53. The first-order chi connectivity index (χ1) is 16.9. The smallest absolute Gasteiger partial charge is 0.243 e. The fourth-order valence-corrected chi connectivity index (χ4v) is 7.62. The van der Waals surface area contributed by atoms with E-state index in [0.29, 0.717) is 37.5 Å². The van der Waals surface area contributed by atoms with Crippen LogP contribution in [0.2, 0.25) is 5.02 Å². The van der Waals surface area contributed by atoms with Gasteiger partial charge in [-0.3, -0.25) is 4.79 Å². The number of hydrogen-bond donors (Lipinski definition) is 0. The van der Waals surface area contributed by atoms with E-state index in [1.54, 1.807) is 23.5 Å². The number of nitrogens with zero attached hydrogens (tertiary/aromatic N) is 4. The van der Waals surface area contributed by atoms with Crippen molar-refractivity contribution in [1.82, 2.24) is 14.2 Å². The van der Waals surface area contributed by atoms with Gasteiger partial charge in [0.2, 0.25) is 15.9 Å². The average molecular weight is 533 g/mol. The number of hydrogen-bond acceptors (Lipinski definition) is 6. The second-order valence-electron chi connectivity index (χ2n) is 9.08. The first kappa shape index (κ1) is 24.5. The number of aromatic nitrogens is 1. The van der Waals surface area contributed by atoms with Crippen molar-refractivity contribution < 1.29 is 13.2 Å². The molecule has 0 spiro atoms. The number of anilines is 1. The molecule has 0 N–H and O–H groups in total. The fraction of sp³-hybridized carbons (Fsp3) is 0.440. The molecule has 0 radical (unpaired) electrons. The Hall–Kier alpha value is -2.20. The van der Waals surface area contributed by atoms with E-state index >= 15 is 0 Å². The summed E-state index contributed by atoms with van der Waals surface area (Å²) in [5.74, 6) is -0.259. The van der Waals surface area contributed by atoms with Crippen LogP contribution in [-0.2, 0) is 21.2 Å². The van der Waals surface area contributed by atoms with Gasteiger partial charge in [-0.25, -0.2) is 13.4 Å². The number of sulfonamides is 1. The molecule has 0 aliphatic carbocycles. The molecule has 5 rings (SSSR count). The molecule has 2 aliphatic rings. The lowest BCUT2D eigenvalue weighted by molar-refractivity contribution is -0.137. The van der Waals surface area contributed by atoms with Gasteiger partial charge in [0.05, 0.1) is 21.0 Å². The Kier molecular flexibility index (Phi) is 7.03. The molecule has 2 aromatic carbocycles. The number of benzene rings is 2. The van der Waals surface area contributed by atoms with Gasteiger partial charge in [0.15, 0.2) is 5.13 Å². The summed E-state index contributed by atoms with van der Waals surface area (Å²) in [6, 6.07) is 12.5. The molecule has 186 valence electrons. The molecule has 3 heterocycles. The number of aryl methyl sites for hydroxylation is 1. The normalized spacial score (nSPS) is 19.9. The van der Waals surface area contributed by atoms with Gasteiger partial charge in [-0.05, 0) is 55.2 Å². The SMILES string of the molecule is CCc1cccc2sc(N3CCN(C(=O)C4CCCN(S(=O)(=O)c5ccc(Cl)cc5)C4)CC3)nc12. The zero-order valence-corrected chi connectivity index (χ0v) is 22.1. The second kappa shape index (κ2) is 10.0. The minimum absolute atomic E-state index is 0.0539. The maximum atomic E-state index is 13.3. The minimum Gasteiger partial charge on any atom is -0.345 e. The zero-order chi connectivity index (χ0) is 24.6. The highest BCUT2D eigenvalue weighted by Gasteiger charge is 2.36. The first-order valence-corrected chi connectivity index (χ1v) is 14.7. The maximum absolute atomic E-state index is 13.3. The Morgan fingerprint density at radius 2 is 1.83 bits per heavy atom. The van der Waals surface area contributed by atoms with Gasteiger partial charge in [-0.2, -0.15) is 4.31 Å². The van der Waals surface area contributed by atoms with Crippen LogP contribution in [0.4, 0.5) is 5.13 Å². The molecule has 1 unspecified atom stereocenters. The molecule has 1 atom stereocenters. The van der Waals surface area contributed by atoms with Crippen LogP contribution >= 0.6 is 22.9 Å². The van der Waals surface area contributed by atoms with E-state index in [9.17, 15) is 13.2 Å². The zero-order valence-electron chi connectivity index (χ0n) is 19.7. The molecule has 35 heavy (non-hydrogen) atoms. The fourth-order valence-electron chi connectivity index (χ4n) is 4.91. The van der Waals surface area contributed by atoms with E-state index < -0.39 is 10.0 Å². The van der Waals surface area contributed by atoms with Crippen LogP contribution in [0.5, 0.6) is 0 Å². The number of para-hydroxylation sites is 1. The Morgan fingerprint density at radius 1 is 1.09 bits per heavy atom. The highest BCUT2D eigenvalue weighted by atomic mass is 35.5. The predicted molar refractivity (Wildman–Crippen MR) is 141 cm³/mol. The molecule has 2 aliphatic heterocycles. The van der Waals surface area contributed by atoms with Gasteiger partial charge < -0.3 is 9.80 Å². The summed E-state index contributed by atoms with van der Waals surface area (Å²) in [7, 11) is -3.65. The minimum atomic E-state index is -3.65. The quantitative estimate of drug-likeness (QED) is 0.491. The number of rotatable bonds is 5. The molecule has 2 fully saturated rings. The van der Waals surface area contributed by atoms with Gasteiger partial charge >= 0.3 is 0 Å². The van der Waals surface area contributed by atoms with E-state index in [2.05, 4.69) is 30.0 Å². The van der Waals surface area contributed by atoms with E-state index in [1.165, 1.54) is 26.7 Å². The van der Waals surface area contributed by atoms with Crippen LogP contribution in [0.1, 0.15) is 25.3 Å². The van der Waals surface area contributed by atoms with Crippen molar-refractivity contribution in [2.75, 3.05) is 44.2 Å². The predicted octanol–water partition coefficient (Wildman–Crippen LogP) is 4.26. The van der Waals surface area contributed by atoms with E-state index in [1.807, 2.05) is 4.90 Å². The number of carbonyl (C=O) groups is 1. The molecule has 0 saturated carbocycles. The highest BCUT2D eigenvalue weighted by Crippen LogP contribution is 2.32. The molecule has 2 saturated heterocycles. The first-order valence-electron chi connectivity index (χ1n) is 12.0. The number of halogens is 1. The summed E-state index contributed by atoms with van der Waals surface area (Å²) in [6.45, 7) is 5.50. The summed E-state index contributed by atoms with van der Waals surface area (Å²) in [5.41, 5.74) is 2.34. The molecule has 7 nitrogen and oxygen atoms in total. The summed E-state index contributed by atoms with van der Waals surface area (Å²) in [5, 5.41) is 1.50. The number of amides is 1. The topological polar surface area (TPSA) is 73.8 Å². The van der Waals surface area contributed by atoms with Crippen LogP contribution in [0.3, 0.4) is 0 Å². The third kappa shape index (κ3) is 4.91. The second-order valence-corrected chi connectivity index (χ2v) is 12.5. The van der Waals surface area contributed by atoms with Crippen LogP contribution in [-0.4, -0.2) is 67.8 Å². The van der Waals surface area contributed by atoms with Crippen LogP contribution in [0.15, 0.2) is 47.4 Å². The van der Waals surface area contributed by atoms with Crippen molar-refractivity contribution >= 4 is 54.2 Å². The van der Waals surface area contributed by atoms with Crippen LogP contribution < -0.4 is 4.90 Å². The van der Waals surface area contributed by atoms with Crippen molar-refractivity contribution in [1.29, 1.82) is 0 Å². The van der Waals surface area contributed by atoms with Gasteiger partial charge in [0.25, 0.3) is 0 Å². The Bertz CT molecular complexity index is 1320. The maximum Gasteiger partial charge on any atom is 0.243 e. The Labute approximate surface area is 215 Å². The van der Waals surface area contributed by atoms with Crippen molar-refractivity contribution in [2.45, 2.75) is 31.1 Å². The molecule has 0 bridgehead atoms. The lowest BCUT2D eigenvalue weighted by Gasteiger charge is -2.38. The molecule has 10 heteroatoms. The summed E-state index contributed by atoms with van der Waals surface area (Å²) in [4.78, 5) is 22.6. The lowest BCUT2D eigenvalue weighted by atomic mass is 9.98. The number of piperidine rings is 1. The number of piperazine rings is 1. The third-order valence-corrected chi connectivity index (χ3v) is 10.1. The van der Waals surface area contributed by atoms with Crippen LogP contribution in [0, 0.1) is 5.92 Å². The Morgan fingerprint density at radius 3 is 2.54 bits per heavy atom. The van der Waals surface area contributed by atoms with Crippen molar-refractivity contribution in [3.63, 3.8) is 0 Å². The number of carbonyl (C=O) groups excluding carboxylic acids is 1. The van der Waals surface area contributed by atoms with Gasteiger partial charge in [0.1, 0.15) is 0 Å². The van der Waals surface area contributed by atoms with E-state index in [4.69, 9.17) is 16.6 Å². The number of fused-ring (bicyclic) bond motifs is 1. The Balaban J connectivity index is 1.22. The molecular weight excluding hydrogens is 504 g/mol. The van der Waals surface area contributed by atoms with E-state index in [-0.39, 0.29) is 23.3 Å². The standard InChI is InChI=1S/C25H29ClN4O3S2/c1-2-18-5-3-7-22-23(18)27-25(34-22)29-15-13-28(14-16-29)24(31)19-6-4-12-30(17-19)35(32,33)21-10-8-20(26)9-11-21/h3,5,7-11,19H,2,4,6,12-17H2,1H3. The third-order valence-electron chi connectivity index (χ3n) is 6.92. The molecule has 3 aromatic rings. The molecular formula is C25H29ClN4O3S2. The number of thiazole rings is 1. The van der Waals surface area contributed by atoms with Gasteiger partial charge in [0, 0.05) is 44.3 Å². The monoisotopic (exact) mass is 532 g/mol. The largest absolute Gasteiger partial charge is 0.345 e. The highest BCUT2D eigenvalue weighted by molar-refractivity contribution is 7.89. The van der Waals surface area contributed by atoms with E-state index in [0.717, 1.165) is 30.2 Å². The van der Waals surface area contributed by atoms with Crippen molar-refractivity contribution in [3.05, 3.63) is 53.1 Å². The van der Waals surface area contributed by atoms with Gasteiger partial charge in [-0.1, -0.05) is 42.0 Å². The average Bonchev–Trinajstić information content (AvgIpc) is 3.33. The summed E-state index contributed by atoms with van der Waals surface area (Å²) >= 11 is 7.62. The van der Waals surface area contributed by atoms with Crippen molar-refractivity contribution in [3.8, 4) is 0 Å².